The number of aliphatic hydroxyl groups is 1. The van der Waals surface area contributed by atoms with Crippen LogP contribution in [0.2, 0.25) is 0 Å². The van der Waals surface area contributed by atoms with Crippen molar-refractivity contribution in [3.63, 3.8) is 0 Å². The molecule has 2 unspecified atom stereocenters. The van der Waals surface area contributed by atoms with Gasteiger partial charge in [0.25, 0.3) is 0 Å². The molecule has 142 valence electrons. The molecule has 3 heterocycles. The van der Waals surface area contributed by atoms with Crippen molar-refractivity contribution in [1.82, 2.24) is 24.7 Å². The zero-order chi connectivity index (χ0) is 18.9. The van der Waals surface area contributed by atoms with Crippen molar-refractivity contribution in [1.29, 1.82) is 0 Å². The number of aromatic nitrogens is 5. The maximum absolute atomic E-state index is 10.0. The molecule has 0 spiro atoms. The monoisotopic (exact) mass is 367 g/mol. The van der Waals surface area contributed by atoms with E-state index >= 15 is 0 Å². The lowest BCUT2D eigenvalue weighted by Gasteiger charge is -2.30. The van der Waals surface area contributed by atoms with E-state index in [2.05, 4.69) is 36.9 Å². The van der Waals surface area contributed by atoms with Gasteiger partial charge in [0.2, 0.25) is 0 Å². The molecule has 1 saturated heterocycles. The molecule has 3 aromatic rings. The van der Waals surface area contributed by atoms with E-state index in [0.29, 0.717) is 17.6 Å². The Morgan fingerprint density at radius 2 is 2.11 bits per heavy atom. The molecule has 2 aromatic heterocycles. The standard InChI is InChI=1S/C20H25N5O2/c1-20(2,26)19-22-18(23-24-19)16-5-3-15(4-6-16)17-11-14(7-10-27-17)12-25-9-8-21-13-25/h3-6,8-9,13-14,17,26H,7,10-12H2,1-2H3,(H,22,23,24). The summed E-state index contributed by atoms with van der Waals surface area (Å²) in [6.45, 7) is 5.12. The van der Waals surface area contributed by atoms with Gasteiger partial charge in [-0.3, -0.25) is 5.10 Å². The first-order chi connectivity index (χ1) is 13.0. The molecule has 0 radical (unpaired) electrons. The third kappa shape index (κ3) is 4.09. The zero-order valence-corrected chi connectivity index (χ0v) is 15.7. The Balaban J connectivity index is 1.44. The third-order valence-corrected chi connectivity index (χ3v) is 5.03. The number of imidazole rings is 1. The molecular formula is C20H25N5O2. The molecule has 4 rings (SSSR count). The van der Waals surface area contributed by atoms with Crippen LogP contribution in [0.3, 0.4) is 0 Å². The van der Waals surface area contributed by atoms with Crippen molar-refractivity contribution in [2.24, 2.45) is 5.92 Å². The molecule has 2 N–H and O–H groups in total. The number of aromatic amines is 1. The van der Waals surface area contributed by atoms with Crippen LogP contribution < -0.4 is 0 Å². The molecule has 1 aliphatic heterocycles. The lowest BCUT2D eigenvalue weighted by atomic mass is 9.91. The van der Waals surface area contributed by atoms with E-state index < -0.39 is 5.60 Å². The maximum Gasteiger partial charge on any atom is 0.181 e. The van der Waals surface area contributed by atoms with Crippen molar-refractivity contribution in [3.05, 3.63) is 54.4 Å². The minimum atomic E-state index is -1.04. The van der Waals surface area contributed by atoms with Crippen LogP contribution in [0.15, 0.2) is 43.0 Å². The number of hydrogen-bond acceptors (Lipinski definition) is 5. The highest BCUT2D eigenvalue weighted by Gasteiger charge is 2.25. The summed E-state index contributed by atoms with van der Waals surface area (Å²) in [4.78, 5) is 8.51. The predicted octanol–water partition coefficient (Wildman–Crippen LogP) is 3.06. The molecule has 0 saturated carbocycles. The molecule has 0 amide bonds. The molecule has 0 aliphatic carbocycles. The summed E-state index contributed by atoms with van der Waals surface area (Å²) in [5.74, 6) is 1.63. The van der Waals surface area contributed by atoms with Gasteiger partial charge in [-0.05, 0) is 38.2 Å². The van der Waals surface area contributed by atoms with Crippen LogP contribution >= 0.6 is 0 Å². The molecule has 1 fully saturated rings. The second kappa shape index (κ2) is 7.25. The molecule has 0 bridgehead atoms. The van der Waals surface area contributed by atoms with Gasteiger partial charge >= 0.3 is 0 Å². The molecule has 1 aromatic carbocycles. The van der Waals surface area contributed by atoms with E-state index in [1.54, 1.807) is 13.8 Å². The van der Waals surface area contributed by atoms with E-state index in [1.165, 1.54) is 5.56 Å². The number of H-pyrrole nitrogens is 1. The van der Waals surface area contributed by atoms with Gasteiger partial charge < -0.3 is 14.4 Å². The van der Waals surface area contributed by atoms with Crippen LogP contribution in [0.25, 0.3) is 11.4 Å². The molecule has 7 heteroatoms. The lowest BCUT2D eigenvalue weighted by Crippen LogP contribution is -2.23. The fraction of sp³-hybridized carbons (Fsp3) is 0.450. The highest BCUT2D eigenvalue weighted by Crippen LogP contribution is 2.33. The van der Waals surface area contributed by atoms with Crippen LogP contribution in [0.4, 0.5) is 0 Å². The van der Waals surface area contributed by atoms with Gasteiger partial charge in [-0.25, -0.2) is 9.97 Å². The predicted molar refractivity (Wildman–Crippen MR) is 101 cm³/mol. The first-order valence-electron chi connectivity index (χ1n) is 9.32. The van der Waals surface area contributed by atoms with E-state index in [1.807, 2.05) is 30.9 Å². The highest BCUT2D eigenvalue weighted by molar-refractivity contribution is 5.55. The Morgan fingerprint density at radius 1 is 1.30 bits per heavy atom. The van der Waals surface area contributed by atoms with Crippen LogP contribution in [0, 0.1) is 5.92 Å². The number of rotatable bonds is 5. The number of nitrogens with zero attached hydrogens (tertiary/aromatic N) is 4. The van der Waals surface area contributed by atoms with Gasteiger partial charge in [0.15, 0.2) is 11.6 Å². The van der Waals surface area contributed by atoms with Crippen LogP contribution in [-0.4, -0.2) is 36.4 Å². The Labute approximate surface area is 158 Å². The van der Waals surface area contributed by atoms with Gasteiger partial charge in [-0.1, -0.05) is 24.3 Å². The Kier molecular flexibility index (Phi) is 4.80. The van der Waals surface area contributed by atoms with E-state index in [9.17, 15) is 5.11 Å². The summed E-state index contributed by atoms with van der Waals surface area (Å²) >= 11 is 0. The van der Waals surface area contributed by atoms with Gasteiger partial charge in [0.1, 0.15) is 5.60 Å². The number of ether oxygens (including phenoxy) is 1. The molecule has 27 heavy (non-hydrogen) atoms. The minimum absolute atomic E-state index is 0.111. The van der Waals surface area contributed by atoms with Crippen molar-refractivity contribution in [3.8, 4) is 11.4 Å². The van der Waals surface area contributed by atoms with E-state index in [0.717, 1.165) is 31.6 Å². The van der Waals surface area contributed by atoms with Gasteiger partial charge in [0, 0.05) is 31.1 Å². The largest absolute Gasteiger partial charge is 0.382 e. The Bertz CT molecular complexity index is 865. The second-order valence-corrected chi connectivity index (χ2v) is 7.70. The maximum atomic E-state index is 10.0. The number of nitrogens with one attached hydrogen (secondary N) is 1. The summed E-state index contributed by atoms with van der Waals surface area (Å²) in [6.07, 6.45) is 7.89. The van der Waals surface area contributed by atoms with Crippen LogP contribution in [0.1, 0.15) is 44.2 Å². The molecular weight excluding hydrogens is 342 g/mol. The molecule has 2 atom stereocenters. The van der Waals surface area contributed by atoms with Gasteiger partial charge in [-0.2, -0.15) is 5.10 Å². The number of benzene rings is 1. The highest BCUT2D eigenvalue weighted by atomic mass is 16.5. The zero-order valence-electron chi connectivity index (χ0n) is 15.7. The van der Waals surface area contributed by atoms with E-state index in [4.69, 9.17) is 4.74 Å². The Hall–Kier alpha value is -2.51. The van der Waals surface area contributed by atoms with Crippen LogP contribution in [0.5, 0.6) is 0 Å². The topological polar surface area (TPSA) is 88.8 Å². The summed E-state index contributed by atoms with van der Waals surface area (Å²) < 4.78 is 8.15. The fourth-order valence-electron chi connectivity index (χ4n) is 3.47. The first kappa shape index (κ1) is 17.9. The quantitative estimate of drug-likeness (QED) is 0.723. The average Bonchev–Trinajstić information content (AvgIpc) is 3.34. The van der Waals surface area contributed by atoms with Crippen molar-refractivity contribution < 1.29 is 9.84 Å². The van der Waals surface area contributed by atoms with Crippen molar-refractivity contribution >= 4 is 0 Å². The number of hydrogen-bond donors (Lipinski definition) is 2. The smallest absolute Gasteiger partial charge is 0.181 e. The molecule has 1 aliphatic rings. The fourth-order valence-corrected chi connectivity index (χ4v) is 3.47. The summed E-state index contributed by atoms with van der Waals surface area (Å²) in [5.41, 5.74) is 1.05. The van der Waals surface area contributed by atoms with Crippen LogP contribution in [-0.2, 0) is 16.9 Å². The first-order valence-corrected chi connectivity index (χ1v) is 9.32. The second-order valence-electron chi connectivity index (χ2n) is 7.70. The Morgan fingerprint density at radius 3 is 2.78 bits per heavy atom. The minimum Gasteiger partial charge on any atom is -0.382 e. The summed E-state index contributed by atoms with van der Waals surface area (Å²) in [7, 11) is 0. The van der Waals surface area contributed by atoms with Crippen molar-refractivity contribution in [2.45, 2.75) is 44.9 Å². The van der Waals surface area contributed by atoms with Gasteiger partial charge in [0.05, 0.1) is 12.4 Å². The third-order valence-electron chi connectivity index (χ3n) is 5.03. The SMILES string of the molecule is CC(C)(O)c1nc(-c2ccc(C3CC(Cn4ccnc4)CCO3)cc2)n[nH]1. The summed E-state index contributed by atoms with van der Waals surface area (Å²) in [5, 5.41) is 17.0. The van der Waals surface area contributed by atoms with Gasteiger partial charge in [-0.15, -0.1) is 0 Å². The normalized spacial score (nSPS) is 20.7. The molecule has 7 nitrogen and oxygen atoms in total. The van der Waals surface area contributed by atoms with E-state index in [-0.39, 0.29) is 6.10 Å². The summed E-state index contributed by atoms with van der Waals surface area (Å²) in [6, 6.07) is 8.18. The van der Waals surface area contributed by atoms with Crippen molar-refractivity contribution in [2.75, 3.05) is 6.61 Å². The lowest BCUT2D eigenvalue weighted by molar-refractivity contribution is -0.0138. The average molecular weight is 367 g/mol.